The van der Waals surface area contributed by atoms with Crippen molar-refractivity contribution in [3.8, 4) is 11.5 Å². The third-order valence-electron chi connectivity index (χ3n) is 6.77. The maximum Gasteiger partial charge on any atom is 0.337 e. The van der Waals surface area contributed by atoms with Crippen molar-refractivity contribution in [1.29, 1.82) is 0 Å². The molecule has 1 aromatic rings. The Kier molecular flexibility index (Phi) is 5.21. The molecule has 152 valence electrons. The first-order valence-corrected chi connectivity index (χ1v) is 10.2. The number of benzene rings is 1. The lowest BCUT2D eigenvalue weighted by atomic mass is 9.49. The number of esters is 1. The summed E-state index contributed by atoms with van der Waals surface area (Å²) in [6, 6.07) is 4.77. The van der Waals surface area contributed by atoms with Crippen LogP contribution in [0.4, 0.5) is 0 Å². The quantitative estimate of drug-likeness (QED) is 0.728. The van der Waals surface area contributed by atoms with Crippen LogP contribution < -0.4 is 14.8 Å². The molecule has 6 nitrogen and oxygen atoms in total. The van der Waals surface area contributed by atoms with E-state index in [9.17, 15) is 9.59 Å². The molecule has 4 saturated carbocycles. The van der Waals surface area contributed by atoms with E-state index in [4.69, 9.17) is 14.2 Å². The highest BCUT2D eigenvalue weighted by molar-refractivity contribution is 5.90. The molecule has 0 saturated heterocycles. The van der Waals surface area contributed by atoms with Crippen LogP contribution in [0.3, 0.4) is 0 Å². The monoisotopic (exact) mass is 387 g/mol. The number of ether oxygens (including phenoxy) is 3. The Hall–Kier alpha value is -2.24. The van der Waals surface area contributed by atoms with Crippen LogP contribution in [-0.4, -0.2) is 39.2 Å². The fourth-order valence-electron chi connectivity index (χ4n) is 6.02. The number of nitrogens with one attached hydrogen (secondary N) is 1. The van der Waals surface area contributed by atoms with Crippen LogP contribution in [0.1, 0.15) is 48.9 Å². The fraction of sp³-hybridized carbons (Fsp3) is 0.636. The molecule has 0 spiro atoms. The molecule has 1 amide bonds. The number of carbonyl (C=O) groups excluding carboxylic acids is 2. The highest BCUT2D eigenvalue weighted by Crippen LogP contribution is 2.59. The van der Waals surface area contributed by atoms with Gasteiger partial charge in [-0.1, -0.05) is 0 Å². The predicted octanol–water partition coefficient (Wildman–Crippen LogP) is 3.19. The lowest BCUT2D eigenvalue weighted by Crippen LogP contribution is -2.51. The van der Waals surface area contributed by atoms with E-state index in [1.165, 1.54) is 52.7 Å². The van der Waals surface area contributed by atoms with Gasteiger partial charge in [-0.05, 0) is 79.9 Å². The molecule has 0 radical (unpaired) electrons. The van der Waals surface area contributed by atoms with E-state index in [0.29, 0.717) is 22.5 Å². The van der Waals surface area contributed by atoms with Crippen molar-refractivity contribution in [2.24, 2.45) is 23.2 Å². The minimum Gasteiger partial charge on any atom is -0.493 e. The molecular weight excluding hydrogens is 358 g/mol. The molecule has 4 aliphatic rings. The number of hydrogen-bond acceptors (Lipinski definition) is 5. The second-order valence-corrected chi connectivity index (χ2v) is 8.84. The van der Waals surface area contributed by atoms with Gasteiger partial charge in [-0.25, -0.2) is 4.79 Å². The summed E-state index contributed by atoms with van der Waals surface area (Å²) < 4.78 is 15.6. The van der Waals surface area contributed by atoms with Crippen molar-refractivity contribution in [3.63, 3.8) is 0 Å². The molecule has 1 aromatic carbocycles. The minimum atomic E-state index is -0.446. The SMILES string of the molecule is COC(=O)c1ccc(OCC(=O)NCC23CC4CC(CC(C4)C2)C3)c(OC)c1. The van der Waals surface area contributed by atoms with E-state index in [0.717, 1.165) is 24.3 Å². The molecule has 0 heterocycles. The molecule has 4 fully saturated rings. The first kappa shape index (κ1) is 19.1. The number of carbonyl (C=O) groups is 2. The normalized spacial score (nSPS) is 30.0. The standard InChI is InChI=1S/C22H29NO5/c1-26-19-8-17(21(25)27-2)3-4-18(19)28-12-20(24)23-13-22-9-14-5-15(10-22)7-16(6-14)11-22/h3-4,8,14-16H,5-7,9-13H2,1-2H3,(H,23,24). The van der Waals surface area contributed by atoms with Gasteiger partial charge in [0.15, 0.2) is 18.1 Å². The summed E-state index contributed by atoms with van der Waals surface area (Å²) in [6.45, 7) is 0.692. The maximum absolute atomic E-state index is 12.4. The van der Waals surface area contributed by atoms with E-state index in [-0.39, 0.29) is 12.5 Å². The van der Waals surface area contributed by atoms with Crippen LogP contribution in [0, 0.1) is 23.2 Å². The third kappa shape index (κ3) is 3.82. The van der Waals surface area contributed by atoms with Crippen LogP contribution in [0.2, 0.25) is 0 Å². The predicted molar refractivity (Wildman–Crippen MR) is 103 cm³/mol. The van der Waals surface area contributed by atoms with Gasteiger partial charge in [0, 0.05) is 6.54 Å². The molecular formula is C22H29NO5. The summed E-state index contributed by atoms with van der Waals surface area (Å²) in [5.41, 5.74) is 0.683. The number of methoxy groups -OCH3 is 2. The second-order valence-electron chi connectivity index (χ2n) is 8.84. The van der Waals surface area contributed by atoms with E-state index < -0.39 is 5.97 Å². The van der Waals surface area contributed by atoms with Gasteiger partial charge in [-0.3, -0.25) is 4.79 Å². The summed E-state index contributed by atoms with van der Waals surface area (Å²) in [6.07, 6.45) is 8.00. The van der Waals surface area contributed by atoms with E-state index in [2.05, 4.69) is 5.32 Å². The minimum absolute atomic E-state index is 0.0692. The number of rotatable bonds is 7. The Morgan fingerprint density at radius 1 is 1.04 bits per heavy atom. The van der Waals surface area contributed by atoms with Gasteiger partial charge in [0.25, 0.3) is 5.91 Å². The molecule has 5 rings (SSSR count). The van der Waals surface area contributed by atoms with Gasteiger partial charge in [0.1, 0.15) is 0 Å². The number of amides is 1. The van der Waals surface area contributed by atoms with E-state index in [1.54, 1.807) is 18.2 Å². The van der Waals surface area contributed by atoms with Crippen LogP contribution in [0.5, 0.6) is 11.5 Å². The Labute approximate surface area is 165 Å². The Bertz CT molecular complexity index is 724. The maximum atomic E-state index is 12.4. The van der Waals surface area contributed by atoms with Gasteiger partial charge in [0.05, 0.1) is 19.8 Å². The largest absolute Gasteiger partial charge is 0.493 e. The lowest BCUT2D eigenvalue weighted by molar-refractivity contribution is -0.125. The molecule has 0 aromatic heterocycles. The highest BCUT2D eigenvalue weighted by Gasteiger charge is 2.50. The van der Waals surface area contributed by atoms with Crippen molar-refractivity contribution in [2.45, 2.75) is 38.5 Å². The van der Waals surface area contributed by atoms with Crippen LogP contribution in [0.15, 0.2) is 18.2 Å². The van der Waals surface area contributed by atoms with Gasteiger partial charge >= 0.3 is 5.97 Å². The van der Waals surface area contributed by atoms with Crippen molar-refractivity contribution in [3.05, 3.63) is 23.8 Å². The van der Waals surface area contributed by atoms with Gasteiger partial charge < -0.3 is 19.5 Å². The van der Waals surface area contributed by atoms with E-state index >= 15 is 0 Å². The first-order chi connectivity index (χ1) is 13.5. The summed E-state index contributed by atoms with van der Waals surface area (Å²) in [7, 11) is 2.82. The highest BCUT2D eigenvalue weighted by atomic mass is 16.5. The van der Waals surface area contributed by atoms with Crippen molar-refractivity contribution >= 4 is 11.9 Å². The topological polar surface area (TPSA) is 73.9 Å². The van der Waals surface area contributed by atoms with Crippen molar-refractivity contribution < 1.29 is 23.8 Å². The third-order valence-corrected chi connectivity index (χ3v) is 6.77. The molecule has 0 unspecified atom stereocenters. The molecule has 1 N–H and O–H groups in total. The molecule has 0 atom stereocenters. The molecule has 28 heavy (non-hydrogen) atoms. The van der Waals surface area contributed by atoms with Gasteiger partial charge in [-0.15, -0.1) is 0 Å². The van der Waals surface area contributed by atoms with Crippen molar-refractivity contribution in [2.75, 3.05) is 27.4 Å². The molecule has 4 aliphatic carbocycles. The Morgan fingerprint density at radius 2 is 1.68 bits per heavy atom. The average Bonchev–Trinajstić information content (AvgIpc) is 2.69. The first-order valence-electron chi connectivity index (χ1n) is 10.2. The molecule has 4 bridgehead atoms. The van der Waals surface area contributed by atoms with Crippen LogP contribution in [-0.2, 0) is 9.53 Å². The van der Waals surface area contributed by atoms with E-state index in [1.807, 2.05) is 0 Å². The van der Waals surface area contributed by atoms with Gasteiger partial charge in [-0.2, -0.15) is 0 Å². The average molecular weight is 387 g/mol. The molecule has 0 aliphatic heterocycles. The summed E-state index contributed by atoms with van der Waals surface area (Å²) >= 11 is 0. The zero-order valence-electron chi connectivity index (χ0n) is 16.7. The van der Waals surface area contributed by atoms with Gasteiger partial charge in [0.2, 0.25) is 0 Å². The summed E-state index contributed by atoms with van der Waals surface area (Å²) in [5, 5.41) is 3.11. The van der Waals surface area contributed by atoms with Crippen LogP contribution >= 0.6 is 0 Å². The van der Waals surface area contributed by atoms with Crippen molar-refractivity contribution in [1.82, 2.24) is 5.32 Å². The fourth-order valence-corrected chi connectivity index (χ4v) is 6.02. The number of hydrogen-bond donors (Lipinski definition) is 1. The molecule has 6 heteroatoms. The summed E-state index contributed by atoms with van der Waals surface area (Å²) in [5.74, 6) is 2.89. The second kappa shape index (κ2) is 7.64. The smallest absolute Gasteiger partial charge is 0.337 e. The zero-order chi connectivity index (χ0) is 19.7. The van der Waals surface area contributed by atoms with Crippen LogP contribution in [0.25, 0.3) is 0 Å². The zero-order valence-corrected chi connectivity index (χ0v) is 16.7. The Balaban J connectivity index is 1.31. The Morgan fingerprint density at radius 3 is 2.25 bits per heavy atom. The lowest BCUT2D eigenvalue weighted by Gasteiger charge is -2.56. The summed E-state index contributed by atoms with van der Waals surface area (Å²) in [4.78, 5) is 24.0.